The Morgan fingerprint density at radius 1 is 0.957 bits per heavy atom. The van der Waals surface area contributed by atoms with Crippen LogP contribution in [-0.2, 0) is 6.42 Å². The number of carbonyl (C=O) groups is 1. The molecule has 1 heterocycles. The average Bonchev–Trinajstić information content (AvgIpc) is 2.52. The number of amides is 1. The molecule has 0 saturated carbocycles. The highest BCUT2D eigenvalue weighted by Crippen LogP contribution is 2.13. The molecule has 1 aromatic heterocycles. The minimum atomic E-state index is -0.428. The fourth-order valence-corrected chi connectivity index (χ4v) is 2.87. The molecule has 0 bridgehead atoms. The van der Waals surface area contributed by atoms with Gasteiger partial charge < -0.3 is 5.73 Å². The first-order valence-electron chi connectivity index (χ1n) is 9.27. The molecule has 0 unspecified atom stereocenters. The molecule has 23 heavy (non-hydrogen) atoms. The zero-order valence-electron chi connectivity index (χ0n) is 14.9. The van der Waals surface area contributed by atoms with Gasteiger partial charge in [0.1, 0.15) is 5.82 Å². The maximum Gasteiger partial charge on any atom is 0.252 e. The smallest absolute Gasteiger partial charge is 0.252 e. The molecule has 0 aliphatic rings. The first kappa shape index (κ1) is 19.6. The number of primary amides is 1. The number of nitrogens with zero attached hydrogens (tertiary/aromatic N) is 2. The third kappa shape index (κ3) is 8.68. The van der Waals surface area contributed by atoms with Gasteiger partial charge in [-0.15, -0.1) is 0 Å². The molecule has 0 saturated heterocycles. The van der Waals surface area contributed by atoms with Gasteiger partial charge in [0.2, 0.25) is 0 Å². The molecular weight excluding hydrogens is 286 g/mol. The van der Waals surface area contributed by atoms with Crippen molar-refractivity contribution in [2.24, 2.45) is 5.73 Å². The van der Waals surface area contributed by atoms with E-state index in [4.69, 9.17) is 5.73 Å². The summed E-state index contributed by atoms with van der Waals surface area (Å²) in [5, 5.41) is 0. The minimum Gasteiger partial charge on any atom is -0.365 e. The molecule has 0 atom stereocenters. The lowest BCUT2D eigenvalue weighted by atomic mass is 10.0. The number of carbonyl (C=O) groups excluding carboxylic acids is 1. The van der Waals surface area contributed by atoms with E-state index >= 15 is 0 Å². The van der Waals surface area contributed by atoms with Crippen LogP contribution in [0.25, 0.3) is 0 Å². The van der Waals surface area contributed by atoms with Crippen LogP contribution >= 0.6 is 0 Å². The van der Waals surface area contributed by atoms with Crippen molar-refractivity contribution in [3.05, 3.63) is 23.3 Å². The van der Waals surface area contributed by atoms with E-state index in [1.54, 1.807) is 6.20 Å². The number of hydrogen-bond donors (Lipinski definition) is 1. The lowest BCUT2D eigenvalue weighted by molar-refractivity contribution is 0.0998. The SMILES string of the molecule is CCCCCCCCCCCCCc1nc(C)ncc1C(N)=O. The monoisotopic (exact) mass is 319 g/mol. The van der Waals surface area contributed by atoms with Crippen molar-refractivity contribution in [2.75, 3.05) is 0 Å². The summed E-state index contributed by atoms with van der Waals surface area (Å²) < 4.78 is 0. The number of aryl methyl sites for hydroxylation is 2. The predicted molar refractivity (Wildman–Crippen MR) is 95.5 cm³/mol. The van der Waals surface area contributed by atoms with Crippen LogP contribution in [0.1, 0.15) is 99.4 Å². The van der Waals surface area contributed by atoms with Crippen molar-refractivity contribution in [2.45, 2.75) is 90.9 Å². The molecular formula is C19H33N3O. The fourth-order valence-electron chi connectivity index (χ4n) is 2.87. The zero-order valence-corrected chi connectivity index (χ0v) is 14.9. The molecule has 0 spiro atoms. The molecule has 0 aliphatic carbocycles. The Hall–Kier alpha value is -1.45. The van der Waals surface area contributed by atoms with Gasteiger partial charge in [0, 0.05) is 6.20 Å². The lowest BCUT2D eigenvalue weighted by Gasteiger charge is -2.06. The number of hydrogen-bond acceptors (Lipinski definition) is 3. The van der Waals surface area contributed by atoms with Crippen molar-refractivity contribution in [3.63, 3.8) is 0 Å². The van der Waals surface area contributed by atoms with Gasteiger partial charge in [-0.1, -0.05) is 71.1 Å². The van der Waals surface area contributed by atoms with Crippen LogP contribution < -0.4 is 5.73 Å². The quantitative estimate of drug-likeness (QED) is 0.534. The van der Waals surface area contributed by atoms with E-state index in [1.165, 1.54) is 64.2 Å². The Morgan fingerprint density at radius 2 is 1.48 bits per heavy atom. The van der Waals surface area contributed by atoms with Crippen molar-refractivity contribution in [3.8, 4) is 0 Å². The van der Waals surface area contributed by atoms with Crippen molar-refractivity contribution in [1.29, 1.82) is 0 Å². The molecule has 0 fully saturated rings. The second kappa shape index (κ2) is 12.0. The van der Waals surface area contributed by atoms with E-state index in [9.17, 15) is 4.79 Å². The van der Waals surface area contributed by atoms with E-state index in [2.05, 4.69) is 16.9 Å². The number of aromatic nitrogens is 2. The number of rotatable bonds is 13. The third-order valence-electron chi connectivity index (χ3n) is 4.27. The van der Waals surface area contributed by atoms with Crippen LogP contribution in [0.2, 0.25) is 0 Å². The Morgan fingerprint density at radius 3 is 2.00 bits per heavy atom. The van der Waals surface area contributed by atoms with Crippen LogP contribution in [0.4, 0.5) is 0 Å². The Bertz CT molecular complexity index is 460. The van der Waals surface area contributed by atoms with E-state index < -0.39 is 5.91 Å². The summed E-state index contributed by atoms with van der Waals surface area (Å²) in [6.07, 6.45) is 16.8. The highest BCUT2D eigenvalue weighted by atomic mass is 16.1. The Labute approximate surface area is 141 Å². The molecule has 1 amide bonds. The molecule has 0 radical (unpaired) electrons. The maximum absolute atomic E-state index is 11.4. The summed E-state index contributed by atoms with van der Waals surface area (Å²) in [6.45, 7) is 4.10. The molecule has 1 rings (SSSR count). The van der Waals surface area contributed by atoms with Gasteiger partial charge in [-0.2, -0.15) is 0 Å². The molecule has 2 N–H and O–H groups in total. The second-order valence-electron chi connectivity index (χ2n) is 6.43. The topological polar surface area (TPSA) is 68.9 Å². The third-order valence-corrected chi connectivity index (χ3v) is 4.27. The summed E-state index contributed by atoms with van der Waals surface area (Å²) in [4.78, 5) is 19.8. The summed E-state index contributed by atoms with van der Waals surface area (Å²) >= 11 is 0. The molecule has 130 valence electrons. The van der Waals surface area contributed by atoms with E-state index in [0.717, 1.165) is 18.5 Å². The molecule has 0 aliphatic heterocycles. The first-order chi connectivity index (χ1) is 11.1. The van der Waals surface area contributed by atoms with Crippen LogP contribution in [0.3, 0.4) is 0 Å². The zero-order chi connectivity index (χ0) is 16.9. The van der Waals surface area contributed by atoms with Crippen molar-refractivity contribution < 1.29 is 4.79 Å². The number of nitrogens with two attached hydrogens (primary N) is 1. The highest BCUT2D eigenvalue weighted by Gasteiger charge is 2.10. The van der Waals surface area contributed by atoms with Crippen LogP contribution in [-0.4, -0.2) is 15.9 Å². The largest absolute Gasteiger partial charge is 0.365 e. The maximum atomic E-state index is 11.4. The molecule has 4 nitrogen and oxygen atoms in total. The summed E-state index contributed by atoms with van der Waals surface area (Å²) in [6, 6.07) is 0. The molecule has 4 heteroatoms. The number of unbranched alkanes of at least 4 members (excludes halogenated alkanes) is 10. The summed E-state index contributed by atoms with van der Waals surface area (Å²) in [5.74, 6) is 0.274. The van der Waals surface area contributed by atoms with Gasteiger partial charge >= 0.3 is 0 Å². The second-order valence-corrected chi connectivity index (χ2v) is 6.43. The van der Waals surface area contributed by atoms with Gasteiger partial charge in [-0.3, -0.25) is 4.79 Å². The standard InChI is InChI=1S/C19H33N3O/c1-3-4-5-6-7-8-9-10-11-12-13-14-18-17(19(20)23)15-21-16(2)22-18/h15H,3-14H2,1-2H3,(H2,20,23). The van der Waals surface area contributed by atoms with E-state index in [1.807, 2.05) is 6.92 Å². The summed E-state index contributed by atoms with van der Waals surface area (Å²) in [7, 11) is 0. The summed E-state index contributed by atoms with van der Waals surface area (Å²) in [5.41, 5.74) is 6.66. The van der Waals surface area contributed by atoms with Gasteiger partial charge in [-0.25, -0.2) is 9.97 Å². The predicted octanol–water partition coefficient (Wildman–Crippen LogP) is 4.74. The Kier molecular flexibility index (Phi) is 10.3. The lowest BCUT2D eigenvalue weighted by Crippen LogP contribution is -2.16. The van der Waals surface area contributed by atoms with Crippen LogP contribution in [0, 0.1) is 6.92 Å². The Balaban J connectivity index is 2.09. The van der Waals surface area contributed by atoms with Gasteiger partial charge in [0.25, 0.3) is 5.91 Å². The van der Waals surface area contributed by atoms with Gasteiger partial charge in [0.05, 0.1) is 11.3 Å². The van der Waals surface area contributed by atoms with Crippen LogP contribution in [0.5, 0.6) is 0 Å². The first-order valence-corrected chi connectivity index (χ1v) is 9.27. The van der Waals surface area contributed by atoms with Crippen LogP contribution in [0.15, 0.2) is 6.20 Å². The van der Waals surface area contributed by atoms with Gasteiger partial charge in [0.15, 0.2) is 0 Å². The van der Waals surface area contributed by atoms with E-state index in [-0.39, 0.29) is 0 Å². The van der Waals surface area contributed by atoms with E-state index in [0.29, 0.717) is 11.4 Å². The molecule has 0 aromatic carbocycles. The van der Waals surface area contributed by atoms with Crippen molar-refractivity contribution >= 4 is 5.91 Å². The molecule has 1 aromatic rings. The van der Waals surface area contributed by atoms with Crippen molar-refractivity contribution in [1.82, 2.24) is 9.97 Å². The fraction of sp³-hybridized carbons (Fsp3) is 0.737. The minimum absolute atomic E-state index is 0.428. The average molecular weight is 319 g/mol. The van der Waals surface area contributed by atoms with Gasteiger partial charge in [-0.05, 0) is 19.8 Å². The normalized spacial score (nSPS) is 10.9. The highest BCUT2D eigenvalue weighted by molar-refractivity contribution is 5.93.